The fourth-order valence-corrected chi connectivity index (χ4v) is 3.47. The first kappa shape index (κ1) is 18.1. The van der Waals surface area contributed by atoms with Gasteiger partial charge in [-0.05, 0) is 25.0 Å². The standard InChI is InChI=1S/C19H22N6O3/c1-25(11-16-21-14-9-5-4-8-13(14)17(26)22-16)19(27)20-10-15-23-18(28-24-15)12-6-2-3-7-12/h4-5,8-9,12H,2-3,6-7,10-11H2,1H3,(H,20,27)(H,21,22,26). The Balaban J connectivity index is 1.35. The Kier molecular flexibility index (Phi) is 5.05. The number of hydrogen-bond donors (Lipinski definition) is 2. The van der Waals surface area contributed by atoms with Crippen LogP contribution in [0.2, 0.25) is 0 Å². The van der Waals surface area contributed by atoms with E-state index < -0.39 is 0 Å². The topological polar surface area (TPSA) is 117 Å². The predicted molar refractivity (Wildman–Crippen MR) is 102 cm³/mol. The molecule has 1 aliphatic rings. The first-order valence-electron chi connectivity index (χ1n) is 9.39. The summed E-state index contributed by atoms with van der Waals surface area (Å²) in [5.41, 5.74) is 0.377. The molecule has 0 aliphatic heterocycles. The van der Waals surface area contributed by atoms with Gasteiger partial charge in [0, 0.05) is 13.0 Å². The lowest BCUT2D eigenvalue weighted by molar-refractivity contribution is 0.205. The molecular formula is C19H22N6O3. The largest absolute Gasteiger partial charge is 0.339 e. The Morgan fingerprint density at radius 3 is 2.89 bits per heavy atom. The zero-order chi connectivity index (χ0) is 19.5. The normalized spacial score (nSPS) is 14.5. The number of aromatic nitrogens is 4. The van der Waals surface area contributed by atoms with Gasteiger partial charge in [0.1, 0.15) is 5.82 Å². The third kappa shape index (κ3) is 3.88. The van der Waals surface area contributed by atoms with E-state index in [-0.39, 0.29) is 24.7 Å². The van der Waals surface area contributed by atoms with Gasteiger partial charge in [-0.3, -0.25) is 4.79 Å². The minimum absolute atomic E-state index is 0.172. The van der Waals surface area contributed by atoms with Crippen LogP contribution in [0.1, 0.15) is 49.1 Å². The molecule has 1 aromatic carbocycles. The average Bonchev–Trinajstić information content (AvgIpc) is 3.37. The zero-order valence-corrected chi connectivity index (χ0v) is 15.6. The molecule has 1 saturated carbocycles. The molecule has 0 atom stereocenters. The summed E-state index contributed by atoms with van der Waals surface area (Å²) >= 11 is 0. The van der Waals surface area contributed by atoms with Gasteiger partial charge < -0.3 is 19.7 Å². The van der Waals surface area contributed by atoms with Crippen molar-refractivity contribution in [1.29, 1.82) is 0 Å². The van der Waals surface area contributed by atoms with Gasteiger partial charge in [0.25, 0.3) is 5.56 Å². The molecule has 9 nitrogen and oxygen atoms in total. The minimum atomic E-state index is -0.317. The van der Waals surface area contributed by atoms with Crippen molar-refractivity contribution in [3.63, 3.8) is 0 Å². The second-order valence-electron chi connectivity index (χ2n) is 7.07. The van der Waals surface area contributed by atoms with Gasteiger partial charge in [-0.25, -0.2) is 9.78 Å². The number of nitrogens with one attached hydrogen (secondary N) is 2. The third-order valence-corrected chi connectivity index (χ3v) is 4.98. The Morgan fingerprint density at radius 1 is 1.29 bits per heavy atom. The number of amides is 2. The molecule has 3 aromatic rings. The van der Waals surface area contributed by atoms with E-state index >= 15 is 0 Å². The van der Waals surface area contributed by atoms with Gasteiger partial charge in [0.15, 0.2) is 5.82 Å². The summed E-state index contributed by atoms with van der Waals surface area (Å²) in [5, 5.41) is 7.22. The van der Waals surface area contributed by atoms with Crippen LogP contribution in [0.5, 0.6) is 0 Å². The number of carbonyl (C=O) groups is 1. The highest BCUT2D eigenvalue weighted by molar-refractivity contribution is 5.77. The first-order chi connectivity index (χ1) is 13.6. The van der Waals surface area contributed by atoms with E-state index in [0.717, 1.165) is 12.8 Å². The van der Waals surface area contributed by atoms with E-state index in [1.807, 2.05) is 6.07 Å². The van der Waals surface area contributed by atoms with E-state index in [1.54, 1.807) is 25.2 Å². The first-order valence-corrected chi connectivity index (χ1v) is 9.39. The number of aromatic amines is 1. The van der Waals surface area contributed by atoms with Crippen molar-refractivity contribution < 1.29 is 9.32 Å². The molecule has 28 heavy (non-hydrogen) atoms. The number of benzene rings is 1. The molecule has 2 amide bonds. The highest BCUT2D eigenvalue weighted by Crippen LogP contribution is 2.32. The summed E-state index contributed by atoms with van der Waals surface area (Å²) in [6, 6.07) is 6.77. The molecule has 2 N–H and O–H groups in total. The molecule has 2 heterocycles. The molecule has 0 spiro atoms. The Labute approximate surface area is 161 Å². The quantitative estimate of drug-likeness (QED) is 0.699. The molecular weight excluding hydrogens is 360 g/mol. The number of carbonyl (C=O) groups excluding carboxylic acids is 1. The number of H-pyrrole nitrogens is 1. The highest BCUT2D eigenvalue weighted by atomic mass is 16.5. The van der Waals surface area contributed by atoms with Crippen LogP contribution in [-0.2, 0) is 13.1 Å². The lowest BCUT2D eigenvalue weighted by Gasteiger charge is -2.16. The van der Waals surface area contributed by atoms with Crippen LogP contribution in [-0.4, -0.2) is 38.1 Å². The van der Waals surface area contributed by atoms with Crippen molar-refractivity contribution in [2.24, 2.45) is 0 Å². The second-order valence-corrected chi connectivity index (χ2v) is 7.07. The van der Waals surface area contributed by atoms with E-state index in [4.69, 9.17) is 4.52 Å². The van der Waals surface area contributed by atoms with E-state index in [1.165, 1.54) is 17.7 Å². The molecule has 1 fully saturated rings. The van der Waals surface area contributed by atoms with Crippen LogP contribution in [0.3, 0.4) is 0 Å². The number of nitrogens with zero attached hydrogens (tertiary/aromatic N) is 4. The Morgan fingerprint density at radius 2 is 2.07 bits per heavy atom. The van der Waals surface area contributed by atoms with Gasteiger partial charge in [-0.1, -0.05) is 30.1 Å². The number of hydrogen-bond acceptors (Lipinski definition) is 6. The summed E-state index contributed by atoms with van der Waals surface area (Å²) in [7, 11) is 1.63. The molecule has 0 bridgehead atoms. The van der Waals surface area contributed by atoms with Crippen molar-refractivity contribution in [2.75, 3.05) is 7.05 Å². The molecule has 9 heteroatoms. The summed E-state index contributed by atoms with van der Waals surface area (Å²) < 4.78 is 5.32. The van der Waals surface area contributed by atoms with Crippen LogP contribution in [0.4, 0.5) is 4.79 Å². The monoisotopic (exact) mass is 382 g/mol. The number of urea groups is 1. The van der Waals surface area contributed by atoms with Crippen LogP contribution in [0.15, 0.2) is 33.6 Å². The fourth-order valence-electron chi connectivity index (χ4n) is 3.47. The van der Waals surface area contributed by atoms with Gasteiger partial charge in [-0.15, -0.1) is 0 Å². The number of fused-ring (bicyclic) bond motifs is 1. The molecule has 0 unspecified atom stereocenters. The Hall–Kier alpha value is -3.23. The van der Waals surface area contributed by atoms with Crippen LogP contribution in [0.25, 0.3) is 10.9 Å². The summed E-state index contributed by atoms with van der Waals surface area (Å²) in [5.74, 6) is 1.88. The van der Waals surface area contributed by atoms with Crippen molar-refractivity contribution in [1.82, 2.24) is 30.3 Å². The smallest absolute Gasteiger partial charge is 0.317 e. The number of rotatable bonds is 5. The summed E-state index contributed by atoms with van der Waals surface area (Å²) in [4.78, 5) is 37.4. The zero-order valence-electron chi connectivity index (χ0n) is 15.6. The van der Waals surface area contributed by atoms with Crippen molar-refractivity contribution >= 4 is 16.9 Å². The fraction of sp³-hybridized carbons (Fsp3) is 0.421. The lowest BCUT2D eigenvalue weighted by atomic mass is 10.1. The predicted octanol–water partition coefficient (Wildman–Crippen LogP) is 2.31. The van der Waals surface area contributed by atoms with Gasteiger partial charge in [0.05, 0.1) is 24.0 Å². The van der Waals surface area contributed by atoms with Gasteiger partial charge in [-0.2, -0.15) is 4.98 Å². The van der Waals surface area contributed by atoms with Crippen molar-refractivity contribution in [3.05, 3.63) is 52.2 Å². The van der Waals surface area contributed by atoms with E-state index in [2.05, 4.69) is 25.4 Å². The summed E-state index contributed by atoms with van der Waals surface area (Å²) in [6.07, 6.45) is 4.53. The maximum absolute atomic E-state index is 12.3. The molecule has 1 aliphatic carbocycles. The maximum Gasteiger partial charge on any atom is 0.317 e. The summed E-state index contributed by atoms with van der Waals surface area (Å²) in [6.45, 7) is 0.354. The van der Waals surface area contributed by atoms with Crippen molar-refractivity contribution in [2.45, 2.75) is 44.7 Å². The highest BCUT2D eigenvalue weighted by Gasteiger charge is 2.23. The van der Waals surface area contributed by atoms with Crippen LogP contribution >= 0.6 is 0 Å². The molecule has 4 rings (SSSR count). The Bertz CT molecular complexity index is 1040. The molecule has 2 aromatic heterocycles. The minimum Gasteiger partial charge on any atom is -0.339 e. The van der Waals surface area contributed by atoms with Crippen molar-refractivity contribution in [3.8, 4) is 0 Å². The lowest BCUT2D eigenvalue weighted by Crippen LogP contribution is -2.37. The van der Waals surface area contributed by atoms with Gasteiger partial charge >= 0.3 is 6.03 Å². The second kappa shape index (κ2) is 7.79. The van der Waals surface area contributed by atoms with E-state index in [0.29, 0.717) is 34.4 Å². The molecule has 0 radical (unpaired) electrons. The van der Waals surface area contributed by atoms with E-state index in [9.17, 15) is 9.59 Å². The van der Waals surface area contributed by atoms with Crippen LogP contribution < -0.4 is 10.9 Å². The molecule has 146 valence electrons. The van der Waals surface area contributed by atoms with Gasteiger partial charge in [0.2, 0.25) is 5.89 Å². The SMILES string of the molecule is CN(Cc1nc2ccccc2c(=O)[nH]1)C(=O)NCc1noc(C2CCCC2)n1. The maximum atomic E-state index is 12.3. The third-order valence-electron chi connectivity index (χ3n) is 4.98. The van der Waals surface area contributed by atoms with Crippen LogP contribution in [0, 0.1) is 0 Å². The average molecular weight is 382 g/mol. The molecule has 0 saturated heterocycles. The number of para-hydroxylation sites is 1.